The molecule has 1 aliphatic rings. The molecule has 1 fully saturated rings. The average Bonchev–Trinajstić information content (AvgIpc) is 2.72. The van der Waals surface area contributed by atoms with Crippen LogP contribution in [0.2, 0.25) is 0 Å². The number of alkyl halides is 3. The maximum atomic E-state index is 12.7. The number of halogens is 3. The second kappa shape index (κ2) is 8.71. The minimum Gasteiger partial charge on any atom is -0.394 e. The van der Waals surface area contributed by atoms with E-state index in [4.69, 9.17) is 4.74 Å². The Bertz CT molecular complexity index is 924. The molecule has 1 heterocycles. The molecular formula is C21H20F3NO5. The summed E-state index contributed by atoms with van der Waals surface area (Å²) in [6, 6.07) is 11.1. The van der Waals surface area contributed by atoms with Gasteiger partial charge >= 0.3 is 6.18 Å². The molecule has 6 nitrogen and oxygen atoms in total. The Balaban J connectivity index is 1.90. The van der Waals surface area contributed by atoms with Gasteiger partial charge in [-0.25, -0.2) is 0 Å². The summed E-state index contributed by atoms with van der Waals surface area (Å²) in [7, 11) is 0. The Morgan fingerprint density at radius 2 is 1.63 bits per heavy atom. The minimum absolute atomic E-state index is 0.159. The SMILES string of the molecule is N#Cc1ccc([C@@H]2O[C@H](CO)[C@@H](O)[C@H](O)[C@H]2O)cc1Cc1ccc(C(F)(F)F)cc1. The second-order valence-corrected chi connectivity index (χ2v) is 7.15. The van der Waals surface area contributed by atoms with Gasteiger partial charge in [-0.1, -0.05) is 24.3 Å². The van der Waals surface area contributed by atoms with Crippen molar-refractivity contribution in [1.29, 1.82) is 5.26 Å². The number of rotatable bonds is 4. The van der Waals surface area contributed by atoms with E-state index in [1.807, 2.05) is 6.07 Å². The molecule has 0 amide bonds. The third-order valence-electron chi connectivity index (χ3n) is 5.15. The minimum atomic E-state index is -4.45. The van der Waals surface area contributed by atoms with Crippen molar-refractivity contribution in [1.82, 2.24) is 0 Å². The molecule has 1 aliphatic heterocycles. The van der Waals surface area contributed by atoms with Crippen molar-refractivity contribution in [3.63, 3.8) is 0 Å². The quantitative estimate of drug-likeness (QED) is 0.595. The van der Waals surface area contributed by atoms with Gasteiger partial charge < -0.3 is 25.2 Å². The van der Waals surface area contributed by atoms with Crippen LogP contribution in [0.3, 0.4) is 0 Å². The van der Waals surface area contributed by atoms with Gasteiger partial charge in [0.25, 0.3) is 0 Å². The maximum absolute atomic E-state index is 12.7. The van der Waals surface area contributed by atoms with Crippen LogP contribution in [-0.4, -0.2) is 51.4 Å². The monoisotopic (exact) mass is 423 g/mol. The van der Waals surface area contributed by atoms with Gasteiger partial charge in [-0.05, 0) is 41.3 Å². The Kier molecular flexibility index (Phi) is 6.45. The molecule has 0 aliphatic carbocycles. The fraction of sp³-hybridized carbons (Fsp3) is 0.381. The molecule has 9 heteroatoms. The van der Waals surface area contributed by atoms with Gasteiger partial charge in [-0.15, -0.1) is 0 Å². The Labute approximate surface area is 170 Å². The fourth-order valence-electron chi connectivity index (χ4n) is 3.45. The van der Waals surface area contributed by atoms with Gasteiger partial charge in [0.05, 0.1) is 23.8 Å². The summed E-state index contributed by atoms with van der Waals surface area (Å²) in [5.41, 5.74) is 0.954. The number of nitrogens with zero attached hydrogens (tertiary/aromatic N) is 1. The van der Waals surface area contributed by atoms with Gasteiger partial charge in [-0.3, -0.25) is 0 Å². The molecule has 0 unspecified atom stereocenters. The van der Waals surface area contributed by atoms with Crippen molar-refractivity contribution in [3.05, 3.63) is 70.3 Å². The van der Waals surface area contributed by atoms with Crippen LogP contribution in [-0.2, 0) is 17.3 Å². The molecule has 0 saturated carbocycles. The first-order chi connectivity index (χ1) is 14.2. The Morgan fingerprint density at radius 3 is 2.20 bits per heavy atom. The number of aliphatic hydroxyl groups is 4. The van der Waals surface area contributed by atoms with E-state index in [0.717, 1.165) is 12.1 Å². The van der Waals surface area contributed by atoms with Crippen LogP contribution in [0, 0.1) is 11.3 Å². The van der Waals surface area contributed by atoms with E-state index in [2.05, 4.69) is 0 Å². The maximum Gasteiger partial charge on any atom is 0.416 e. The fourth-order valence-corrected chi connectivity index (χ4v) is 3.45. The largest absolute Gasteiger partial charge is 0.416 e. The molecule has 0 bridgehead atoms. The van der Waals surface area contributed by atoms with Crippen LogP contribution in [0.5, 0.6) is 0 Å². The van der Waals surface area contributed by atoms with Gasteiger partial charge in [0.2, 0.25) is 0 Å². The highest BCUT2D eigenvalue weighted by atomic mass is 19.4. The highest BCUT2D eigenvalue weighted by Crippen LogP contribution is 2.34. The smallest absolute Gasteiger partial charge is 0.394 e. The molecule has 4 N–H and O–H groups in total. The molecule has 2 aromatic rings. The molecule has 0 radical (unpaired) electrons. The second-order valence-electron chi connectivity index (χ2n) is 7.15. The third-order valence-corrected chi connectivity index (χ3v) is 5.15. The van der Waals surface area contributed by atoms with E-state index in [9.17, 15) is 38.9 Å². The lowest BCUT2D eigenvalue weighted by atomic mass is 9.89. The van der Waals surface area contributed by atoms with Crippen molar-refractivity contribution < 1.29 is 38.3 Å². The summed E-state index contributed by atoms with van der Waals surface area (Å²) in [6.07, 6.45) is -11.0. The first kappa shape index (κ1) is 22.2. The summed E-state index contributed by atoms with van der Waals surface area (Å²) in [5.74, 6) is 0. The summed E-state index contributed by atoms with van der Waals surface area (Å²) >= 11 is 0. The predicted octanol–water partition coefficient (Wildman–Crippen LogP) is 1.68. The molecule has 160 valence electrons. The Morgan fingerprint density at radius 1 is 0.967 bits per heavy atom. The van der Waals surface area contributed by atoms with Crippen molar-refractivity contribution >= 4 is 0 Å². The zero-order chi connectivity index (χ0) is 22.1. The topological polar surface area (TPSA) is 114 Å². The molecule has 0 aromatic heterocycles. The molecule has 2 aromatic carbocycles. The molecule has 1 saturated heterocycles. The predicted molar refractivity (Wildman–Crippen MR) is 98.1 cm³/mol. The zero-order valence-corrected chi connectivity index (χ0v) is 15.6. The van der Waals surface area contributed by atoms with Crippen LogP contribution >= 0.6 is 0 Å². The van der Waals surface area contributed by atoms with Crippen LogP contribution in [0.15, 0.2) is 42.5 Å². The number of benzene rings is 2. The standard InChI is InChI=1S/C21H20F3NO5/c22-21(23,24)15-5-1-11(2-6-15)7-14-8-12(3-4-13(14)9-25)20-19(29)18(28)17(27)16(10-26)30-20/h1-6,8,16-20,26-29H,7,10H2/t16-,17-,18+,19-,20+/m1/s1. The molecule has 0 spiro atoms. The van der Waals surface area contributed by atoms with Crippen molar-refractivity contribution in [2.75, 3.05) is 6.61 Å². The van der Waals surface area contributed by atoms with E-state index >= 15 is 0 Å². The molecule has 3 rings (SSSR count). The van der Waals surface area contributed by atoms with E-state index in [-0.39, 0.29) is 6.42 Å². The van der Waals surface area contributed by atoms with Crippen LogP contribution in [0.25, 0.3) is 0 Å². The summed E-state index contributed by atoms with van der Waals surface area (Å²) in [4.78, 5) is 0. The van der Waals surface area contributed by atoms with Gasteiger partial charge in [0, 0.05) is 0 Å². The van der Waals surface area contributed by atoms with Crippen molar-refractivity contribution in [3.8, 4) is 6.07 Å². The number of aliphatic hydroxyl groups excluding tert-OH is 4. The van der Waals surface area contributed by atoms with E-state index in [1.54, 1.807) is 6.07 Å². The highest BCUT2D eigenvalue weighted by molar-refractivity contribution is 5.44. The normalized spacial score (nSPS) is 26.9. The van der Waals surface area contributed by atoms with E-state index in [1.165, 1.54) is 24.3 Å². The van der Waals surface area contributed by atoms with Crippen molar-refractivity contribution in [2.24, 2.45) is 0 Å². The molecular weight excluding hydrogens is 403 g/mol. The summed E-state index contributed by atoms with van der Waals surface area (Å²) in [5, 5.41) is 48.9. The van der Waals surface area contributed by atoms with E-state index in [0.29, 0.717) is 22.3 Å². The van der Waals surface area contributed by atoms with Crippen LogP contribution < -0.4 is 0 Å². The first-order valence-corrected chi connectivity index (χ1v) is 9.15. The van der Waals surface area contributed by atoms with Crippen molar-refractivity contribution in [2.45, 2.75) is 43.1 Å². The van der Waals surface area contributed by atoms with Crippen LogP contribution in [0.4, 0.5) is 13.2 Å². The number of hydrogen-bond acceptors (Lipinski definition) is 6. The lowest BCUT2D eigenvalue weighted by molar-refractivity contribution is -0.231. The lowest BCUT2D eigenvalue weighted by Crippen LogP contribution is -2.55. The van der Waals surface area contributed by atoms with Crippen LogP contribution in [0.1, 0.15) is 33.9 Å². The Hall–Kier alpha value is -2.48. The lowest BCUT2D eigenvalue weighted by Gasteiger charge is -2.40. The zero-order valence-electron chi connectivity index (χ0n) is 15.6. The third kappa shape index (κ3) is 4.48. The number of hydrogen-bond donors (Lipinski definition) is 4. The van der Waals surface area contributed by atoms with E-state index < -0.39 is 48.9 Å². The van der Waals surface area contributed by atoms with Gasteiger partial charge in [0.1, 0.15) is 30.5 Å². The number of nitriles is 1. The molecule has 5 atom stereocenters. The van der Waals surface area contributed by atoms with Gasteiger partial charge in [-0.2, -0.15) is 18.4 Å². The average molecular weight is 423 g/mol. The summed E-state index contributed by atoms with van der Waals surface area (Å²) < 4.78 is 43.8. The van der Waals surface area contributed by atoms with Gasteiger partial charge in [0.15, 0.2) is 0 Å². The number of ether oxygens (including phenoxy) is 1. The highest BCUT2D eigenvalue weighted by Gasteiger charge is 2.44. The first-order valence-electron chi connectivity index (χ1n) is 9.15. The summed E-state index contributed by atoms with van der Waals surface area (Å²) in [6.45, 7) is -0.573. The molecule has 30 heavy (non-hydrogen) atoms.